The van der Waals surface area contributed by atoms with Crippen LogP contribution in [0.3, 0.4) is 0 Å². The van der Waals surface area contributed by atoms with Crippen LogP contribution in [0.25, 0.3) is 0 Å². The van der Waals surface area contributed by atoms with E-state index in [1.807, 2.05) is 38.1 Å². The van der Waals surface area contributed by atoms with E-state index < -0.39 is 11.9 Å². The maximum absolute atomic E-state index is 12.2. The number of para-hydroxylation sites is 2. The van der Waals surface area contributed by atoms with Gasteiger partial charge in [-0.1, -0.05) is 30.3 Å². The molecule has 1 atom stereocenters. The van der Waals surface area contributed by atoms with Crippen LogP contribution in [0.5, 0.6) is 11.5 Å². The van der Waals surface area contributed by atoms with E-state index in [4.69, 9.17) is 14.2 Å². The van der Waals surface area contributed by atoms with Crippen LogP contribution in [0.2, 0.25) is 0 Å². The molecule has 0 saturated carbocycles. The van der Waals surface area contributed by atoms with E-state index in [1.54, 1.807) is 31.4 Å². The van der Waals surface area contributed by atoms with Crippen molar-refractivity contribution < 1.29 is 23.8 Å². The Bertz CT molecular complexity index is 759. The molecule has 0 radical (unpaired) electrons. The number of carbonyl (C=O) groups excluding carboxylic acids is 2. The van der Waals surface area contributed by atoms with Gasteiger partial charge in [-0.25, -0.2) is 4.79 Å². The summed E-state index contributed by atoms with van der Waals surface area (Å²) in [6.45, 7) is 3.72. The summed E-state index contributed by atoms with van der Waals surface area (Å²) in [6.07, 6.45) is 0. The maximum atomic E-state index is 12.2. The lowest BCUT2D eigenvalue weighted by atomic mass is 10.1. The predicted molar refractivity (Wildman–Crippen MR) is 97.4 cm³/mol. The van der Waals surface area contributed by atoms with E-state index in [0.29, 0.717) is 23.7 Å². The minimum absolute atomic E-state index is 0.284. The molecule has 26 heavy (non-hydrogen) atoms. The molecule has 6 nitrogen and oxygen atoms in total. The number of hydrogen-bond acceptors (Lipinski definition) is 5. The summed E-state index contributed by atoms with van der Waals surface area (Å²) in [4.78, 5) is 24.3. The van der Waals surface area contributed by atoms with Gasteiger partial charge < -0.3 is 19.5 Å². The molecule has 2 aromatic carbocycles. The molecular formula is C20H23NO5. The van der Waals surface area contributed by atoms with E-state index in [2.05, 4.69) is 5.32 Å². The highest BCUT2D eigenvalue weighted by Crippen LogP contribution is 2.24. The topological polar surface area (TPSA) is 73.9 Å². The summed E-state index contributed by atoms with van der Waals surface area (Å²) >= 11 is 0. The number of nitrogens with one attached hydrogen (secondary N) is 1. The van der Waals surface area contributed by atoms with Gasteiger partial charge >= 0.3 is 5.97 Å². The fourth-order valence-electron chi connectivity index (χ4n) is 2.51. The van der Waals surface area contributed by atoms with Crippen molar-refractivity contribution in [3.8, 4) is 11.5 Å². The molecule has 1 unspecified atom stereocenters. The Hall–Kier alpha value is -3.02. The predicted octanol–water partition coefficient (Wildman–Crippen LogP) is 3.13. The molecule has 0 aliphatic carbocycles. The monoisotopic (exact) mass is 357 g/mol. The van der Waals surface area contributed by atoms with Crippen LogP contribution < -0.4 is 14.8 Å². The quantitative estimate of drug-likeness (QED) is 0.735. The lowest BCUT2D eigenvalue weighted by molar-refractivity contribution is -0.124. The third kappa shape index (κ3) is 4.99. The first-order chi connectivity index (χ1) is 12.6. The zero-order valence-electron chi connectivity index (χ0n) is 15.2. The van der Waals surface area contributed by atoms with Crippen LogP contribution in [0, 0.1) is 0 Å². The summed E-state index contributed by atoms with van der Waals surface area (Å²) in [7, 11) is 1.57. The van der Waals surface area contributed by atoms with Crippen molar-refractivity contribution in [1.29, 1.82) is 0 Å². The summed E-state index contributed by atoms with van der Waals surface area (Å²) in [5.41, 5.74) is 1.14. The highest BCUT2D eigenvalue weighted by Gasteiger charge is 2.17. The van der Waals surface area contributed by atoms with Gasteiger partial charge in [0, 0.05) is 5.56 Å². The molecule has 0 aliphatic heterocycles. The minimum Gasteiger partial charge on any atom is -0.496 e. The Morgan fingerprint density at radius 3 is 2.38 bits per heavy atom. The minimum atomic E-state index is -0.603. The molecule has 1 N–H and O–H groups in total. The molecule has 0 aromatic heterocycles. The van der Waals surface area contributed by atoms with Gasteiger partial charge in [0.05, 0.1) is 19.8 Å². The smallest absolute Gasteiger partial charge is 0.342 e. The fraction of sp³-hybridized carbons (Fsp3) is 0.300. The van der Waals surface area contributed by atoms with Crippen LogP contribution in [0.1, 0.15) is 35.8 Å². The Kier molecular flexibility index (Phi) is 7.02. The van der Waals surface area contributed by atoms with Crippen LogP contribution in [-0.2, 0) is 9.53 Å². The van der Waals surface area contributed by atoms with E-state index in [-0.39, 0.29) is 12.6 Å². The zero-order valence-corrected chi connectivity index (χ0v) is 15.2. The van der Waals surface area contributed by atoms with Crippen molar-refractivity contribution in [3.05, 3.63) is 59.7 Å². The molecule has 2 rings (SSSR count). The van der Waals surface area contributed by atoms with Gasteiger partial charge in [-0.15, -0.1) is 0 Å². The number of benzene rings is 2. The van der Waals surface area contributed by atoms with E-state index in [0.717, 1.165) is 5.56 Å². The number of ether oxygens (including phenoxy) is 3. The van der Waals surface area contributed by atoms with Crippen molar-refractivity contribution in [1.82, 2.24) is 5.32 Å². The molecule has 0 saturated heterocycles. The molecule has 138 valence electrons. The van der Waals surface area contributed by atoms with Gasteiger partial charge in [-0.3, -0.25) is 4.79 Å². The van der Waals surface area contributed by atoms with Gasteiger partial charge in [0.1, 0.15) is 17.1 Å². The van der Waals surface area contributed by atoms with Crippen LogP contribution >= 0.6 is 0 Å². The summed E-state index contributed by atoms with van der Waals surface area (Å²) < 4.78 is 15.8. The third-order valence-corrected chi connectivity index (χ3v) is 3.72. The highest BCUT2D eigenvalue weighted by molar-refractivity contribution is 5.94. The number of carbonyl (C=O) groups is 2. The lowest BCUT2D eigenvalue weighted by Gasteiger charge is -2.17. The lowest BCUT2D eigenvalue weighted by Crippen LogP contribution is -2.31. The second-order valence-corrected chi connectivity index (χ2v) is 5.54. The average molecular weight is 357 g/mol. The van der Waals surface area contributed by atoms with Crippen molar-refractivity contribution in [2.75, 3.05) is 20.3 Å². The molecular weight excluding hydrogens is 334 g/mol. The van der Waals surface area contributed by atoms with Crippen molar-refractivity contribution in [2.24, 2.45) is 0 Å². The molecule has 1 amide bonds. The number of hydrogen-bond donors (Lipinski definition) is 1. The van der Waals surface area contributed by atoms with Crippen molar-refractivity contribution in [3.63, 3.8) is 0 Å². The first kappa shape index (κ1) is 19.3. The zero-order chi connectivity index (χ0) is 18.9. The summed E-state index contributed by atoms with van der Waals surface area (Å²) in [5, 5.41) is 2.79. The SMILES string of the molecule is CCOc1ccccc1C(=O)OCC(=O)NC(C)c1ccccc1OC. The standard InChI is InChI=1S/C20H23NO5/c1-4-25-18-12-8-6-10-16(18)20(23)26-13-19(22)21-14(2)15-9-5-7-11-17(15)24-3/h5-12,14H,4,13H2,1-3H3,(H,21,22). The van der Waals surface area contributed by atoms with Crippen LogP contribution in [0.4, 0.5) is 0 Å². The number of amides is 1. The van der Waals surface area contributed by atoms with E-state index in [1.165, 1.54) is 0 Å². The van der Waals surface area contributed by atoms with Gasteiger partial charge in [0.15, 0.2) is 6.61 Å². The molecule has 0 bridgehead atoms. The number of methoxy groups -OCH3 is 1. The summed E-state index contributed by atoms with van der Waals surface area (Å²) in [5.74, 6) is 0.116. The molecule has 2 aromatic rings. The maximum Gasteiger partial charge on any atom is 0.342 e. The number of esters is 1. The third-order valence-electron chi connectivity index (χ3n) is 3.72. The van der Waals surface area contributed by atoms with E-state index in [9.17, 15) is 9.59 Å². The second-order valence-electron chi connectivity index (χ2n) is 5.54. The molecule has 0 heterocycles. The van der Waals surface area contributed by atoms with E-state index >= 15 is 0 Å². The largest absolute Gasteiger partial charge is 0.496 e. The van der Waals surface area contributed by atoms with Gasteiger partial charge in [0.25, 0.3) is 5.91 Å². The van der Waals surface area contributed by atoms with Gasteiger partial charge in [0.2, 0.25) is 0 Å². The fourth-order valence-corrected chi connectivity index (χ4v) is 2.51. The summed E-state index contributed by atoms with van der Waals surface area (Å²) in [6, 6.07) is 13.9. The van der Waals surface area contributed by atoms with Crippen molar-refractivity contribution in [2.45, 2.75) is 19.9 Å². The molecule has 0 fully saturated rings. The van der Waals surface area contributed by atoms with Crippen LogP contribution in [-0.4, -0.2) is 32.2 Å². The molecule has 0 spiro atoms. The Morgan fingerprint density at radius 1 is 1.04 bits per heavy atom. The molecule has 6 heteroatoms. The highest BCUT2D eigenvalue weighted by atomic mass is 16.5. The van der Waals surface area contributed by atoms with Crippen LogP contribution in [0.15, 0.2) is 48.5 Å². The van der Waals surface area contributed by atoms with Gasteiger partial charge in [-0.2, -0.15) is 0 Å². The average Bonchev–Trinajstić information content (AvgIpc) is 2.66. The first-order valence-electron chi connectivity index (χ1n) is 8.38. The van der Waals surface area contributed by atoms with Crippen molar-refractivity contribution >= 4 is 11.9 Å². The Labute approximate surface area is 153 Å². The van der Waals surface area contributed by atoms with Gasteiger partial charge in [-0.05, 0) is 32.0 Å². The second kappa shape index (κ2) is 9.46. The number of rotatable bonds is 8. The Morgan fingerprint density at radius 2 is 1.69 bits per heavy atom. The first-order valence-corrected chi connectivity index (χ1v) is 8.38. The molecule has 0 aliphatic rings. The normalized spacial score (nSPS) is 11.3. The Balaban J connectivity index is 1.93.